The van der Waals surface area contributed by atoms with Crippen LogP contribution < -0.4 is 10.1 Å². The molecular weight excluding hydrogens is 412 g/mol. The van der Waals surface area contributed by atoms with Gasteiger partial charge in [-0.25, -0.2) is 0 Å². The molecule has 1 aliphatic heterocycles. The van der Waals surface area contributed by atoms with Crippen molar-refractivity contribution < 1.29 is 29.3 Å². The lowest BCUT2D eigenvalue weighted by Crippen LogP contribution is -2.56. The van der Waals surface area contributed by atoms with Crippen molar-refractivity contribution in [3.05, 3.63) is 41.5 Å². The maximum absolute atomic E-state index is 13.0. The fourth-order valence-corrected chi connectivity index (χ4v) is 4.30. The summed E-state index contributed by atoms with van der Waals surface area (Å²) < 4.78 is 11.4. The summed E-state index contributed by atoms with van der Waals surface area (Å²) in [5, 5.41) is 23.2. The molecule has 1 heterocycles. The summed E-state index contributed by atoms with van der Waals surface area (Å²) in [6, 6.07) is 6.68. The molecule has 0 spiro atoms. The number of hydrogen-bond donors (Lipinski definition) is 3. The fourth-order valence-electron chi connectivity index (χ4n) is 4.30. The predicted molar refractivity (Wildman–Crippen MR) is 119 cm³/mol. The summed E-state index contributed by atoms with van der Waals surface area (Å²) in [5.41, 5.74) is 1.26. The second-order valence-electron chi connectivity index (χ2n) is 8.59. The molecule has 2 amide bonds. The van der Waals surface area contributed by atoms with Crippen LogP contribution in [0.1, 0.15) is 38.7 Å². The van der Waals surface area contributed by atoms with Gasteiger partial charge in [-0.15, -0.1) is 0 Å². The molecule has 4 atom stereocenters. The Bertz CT molecular complexity index is 840. The van der Waals surface area contributed by atoms with Crippen LogP contribution in [0.25, 0.3) is 0 Å². The van der Waals surface area contributed by atoms with E-state index in [1.165, 1.54) is 0 Å². The van der Waals surface area contributed by atoms with Gasteiger partial charge < -0.3 is 29.9 Å². The lowest BCUT2D eigenvalue weighted by Gasteiger charge is -2.41. The molecule has 1 aliphatic carbocycles. The van der Waals surface area contributed by atoms with Gasteiger partial charge in [0.05, 0.1) is 18.6 Å². The minimum absolute atomic E-state index is 0.0904. The molecule has 0 radical (unpaired) electrons. The number of para-hydroxylation sites is 1. The van der Waals surface area contributed by atoms with Gasteiger partial charge in [-0.05, 0) is 31.4 Å². The third kappa shape index (κ3) is 5.14. The summed E-state index contributed by atoms with van der Waals surface area (Å²) in [6.45, 7) is 6.63. The Kier molecular flexibility index (Phi) is 8.28. The molecule has 8 heteroatoms. The Balaban J connectivity index is 1.99. The minimum Gasteiger partial charge on any atom is -0.486 e. The monoisotopic (exact) mass is 446 g/mol. The van der Waals surface area contributed by atoms with Crippen molar-refractivity contribution in [2.45, 2.75) is 51.4 Å². The standard InChI is InChI=1S/C24H34N2O6/c1-4-31-14-20(28)26(11-9-15(2)3)18-13-17(24(30)25-10-12-27)21-16-7-5-6-8-19(16)32-23(21)22(18)29/h5-8,13,15,18,21-23,27,29H,4,9-12,14H2,1-3H3,(H,25,30)/t18-,21+,22+,23+/m1/s1. The van der Waals surface area contributed by atoms with Gasteiger partial charge in [-0.1, -0.05) is 32.0 Å². The molecule has 3 rings (SSSR count). The first-order valence-electron chi connectivity index (χ1n) is 11.3. The van der Waals surface area contributed by atoms with Crippen molar-refractivity contribution in [2.75, 3.05) is 32.9 Å². The van der Waals surface area contributed by atoms with E-state index < -0.39 is 24.2 Å². The molecule has 0 aromatic heterocycles. The summed E-state index contributed by atoms with van der Waals surface area (Å²) in [6.07, 6.45) is 0.725. The van der Waals surface area contributed by atoms with E-state index in [0.29, 0.717) is 30.4 Å². The third-order valence-electron chi connectivity index (χ3n) is 5.93. The van der Waals surface area contributed by atoms with Gasteiger partial charge in [0, 0.05) is 30.8 Å². The predicted octanol–water partition coefficient (Wildman–Crippen LogP) is 1.22. The Morgan fingerprint density at radius 2 is 2.03 bits per heavy atom. The maximum atomic E-state index is 13.0. The summed E-state index contributed by atoms with van der Waals surface area (Å²) in [5.74, 6) is -0.0547. The molecule has 32 heavy (non-hydrogen) atoms. The number of amides is 2. The number of hydrogen-bond acceptors (Lipinski definition) is 6. The summed E-state index contributed by atoms with van der Waals surface area (Å²) in [4.78, 5) is 27.6. The lowest BCUT2D eigenvalue weighted by atomic mass is 9.77. The fraction of sp³-hybridized carbons (Fsp3) is 0.583. The van der Waals surface area contributed by atoms with Crippen LogP contribution in [0.4, 0.5) is 0 Å². The van der Waals surface area contributed by atoms with Crippen LogP contribution in [0, 0.1) is 5.92 Å². The van der Waals surface area contributed by atoms with Gasteiger partial charge in [0.2, 0.25) is 11.8 Å². The second-order valence-corrected chi connectivity index (χ2v) is 8.59. The van der Waals surface area contributed by atoms with Gasteiger partial charge in [0.1, 0.15) is 24.6 Å². The molecule has 0 unspecified atom stereocenters. The highest BCUT2D eigenvalue weighted by Gasteiger charge is 2.50. The van der Waals surface area contributed by atoms with Gasteiger partial charge in [-0.3, -0.25) is 9.59 Å². The van der Waals surface area contributed by atoms with Crippen molar-refractivity contribution >= 4 is 11.8 Å². The topological polar surface area (TPSA) is 108 Å². The molecule has 176 valence electrons. The number of nitrogens with one attached hydrogen (secondary N) is 1. The molecule has 0 saturated carbocycles. The van der Waals surface area contributed by atoms with Crippen molar-refractivity contribution in [3.63, 3.8) is 0 Å². The molecule has 3 N–H and O–H groups in total. The molecule has 1 aromatic rings. The van der Waals surface area contributed by atoms with E-state index in [-0.39, 0.29) is 31.6 Å². The van der Waals surface area contributed by atoms with Crippen LogP contribution in [0.3, 0.4) is 0 Å². The van der Waals surface area contributed by atoms with E-state index in [9.17, 15) is 14.7 Å². The van der Waals surface area contributed by atoms with Gasteiger partial charge in [0.25, 0.3) is 0 Å². The number of carbonyl (C=O) groups is 2. The third-order valence-corrected chi connectivity index (χ3v) is 5.93. The molecule has 1 aromatic carbocycles. The average Bonchev–Trinajstić information content (AvgIpc) is 3.17. The van der Waals surface area contributed by atoms with Crippen molar-refractivity contribution in [1.29, 1.82) is 0 Å². The van der Waals surface area contributed by atoms with Crippen molar-refractivity contribution in [2.24, 2.45) is 5.92 Å². The van der Waals surface area contributed by atoms with Crippen LogP contribution in [0.5, 0.6) is 5.75 Å². The highest BCUT2D eigenvalue weighted by Crippen LogP contribution is 2.47. The molecule has 0 bridgehead atoms. The highest BCUT2D eigenvalue weighted by molar-refractivity contribution is 5.96. The van der Waals surface area contributed by atoms with Gasteiger partial charge >= 0.3 is 0 Å². The van der Waals surface area contributed by atoms with Gasteiger partial charge in [-0.2, -0.15) is 0 Å². The number of fused-ring (bicyclic) bond motifs is 3. The van der Waals surface area contributed by atoms with E-state index >= 15 is 0 Å². The number of nitrogens with zero attached hydrogens (tertiary/aromatic N) is 1. The Labute approximate surface area is 189 Å². The number of ether oxygens (including phenoxy) is 2. The Morgan fingerprint density at radius 3 is 2.72 bits per heavy atom. The van der Waals surface area contributed by atoms with Crippen molar-refractivity contribution in [3.8, 4) is 5.75 Å². The van der Waals surface area contributed by atoms with E-state index in [1.54, 1.807) is 11.0 Å². The quantitative estimate of drug-likeness (QED) is 0.499. The summed E-state index contributed by atoms with van der Waals surface area (Å²) >= 11 is 0. The second kappa shape index (κ2) is 10.9. The zero-order chi connectivity index (χ0) is 23.3. The number of benzene rings is 1. The number of aliphatic hydroxyl groups is 2. The van der Waals surface area contributed by atoms with E-state index in [2.05, 4.69) is 19.2 Å². The first kappa shape index (κ1) is 24.2. The van der Waals surface area contributed by atoms with Crippen LogP contribution in [-0.2, 0) is 14.3 Å². The maximum Gasteiger partial charge on any atom is 0.249 e. The van der Waals surface area contributed by atoms with Gasteiger partial charge in [0.15, 0.2) is 0 Å². The van der Waals surface area contributed by atoms with Crippen LogP contribution in [-0.4, -0.2) is 78.1 Å². The first-order chi connectivity index (χ1) is 15.4. The Hall–Kier alpha value is -2.42. The minimum atomic E-state index is -1.01. The largest absolute Gasteiger partial charge is 0.486 e. The number of aliphatic hydroxyl groups excluding tert-OH is 2. The average molecular weight is 447 g/mol. The van der Waals surface area contributed by atoms with E-state index in [1.807, 2.05) is 31.2 Å². The normalized spacial score (nSPS) is 23.8. The smallest absolute Gasteiger partial charge is 0.249 e. The van der Waals surface area contributed by atoms with Crippen LogP contribution in [0.15, 0.2) is 35.9 Å². The number of carbonyl (C=O) groups excluding carboxylic acids is 2. The highest BCUT2D eigenvalue weighted by atomic mass is 16.5. The summed E-state index contributed by atoms with van der Waals surface area (Å²) in [7, 11) is 0. The first-order valence-corrected chi connectivity index (χ1v) is 11.3. The molecule has 0 saturated heterocycles. The number of rotatable bonds is 10. The molecule has 0 fully saturated rings. The van der Waals surface area contributed by atoms with E-state index in [0.717, 1.165) is 12.0 Å². The van der Waals surface area contributed by atoms with Crippen LogP contribution in [0.2, 0.25) is 0 Å². The van der Waals surface area contributed by atoms with E-state index in [4.69, 9.17) is 14.6 Å². The Morgan fingerprint density at radius 1 is 1.28 bits per heavy atom. The zero-order valence-corrected chi connectivity index (χ0v) is 19.0. The molecule has 2 aliphatic rings. The van der Waals surface area contributed by atoms with Crippen molar-refractivity contribution in [1.82, 2.24) is 10.2 Å². The molecule has 8 nitrogen and oxygen atoms in total. The molecular formula is C24H34N2O6. The lowest BCUT2D eigenvalue weighted by molar-refractivity contribution is -0.142. The zero-order valence-electron chi connectivity index (χ0n) is 19.0. The van der Waals surface area contributed by atoms with Crippen LogP contribution >= 0.6 is 0 Å². The SMILES string of the molecule is CCOCC(=O)N(CCC(C)C)[C@@H]1C=C(C(=O)NCCO)[C@@H]2c3ccccc3O[C@@H]2[C@H]1O.